The topological polar surface area (TPSA) is 92.7 Å². The molecule has 2 rings (SSSR count). The minimum Gasteiger partial charge on any atom is -0.478 e. The van der Waals surface area contributed by atoms with E-state index in [2.05, 4.69) is 4.89 Å². The molecule has 1 aromatic rings. The van der Waals surface area contributed by atoms with Gasteiger partial charge in [-0.15, -0.1) is 0 Å². The number of sulfonamides is 1. The van der Waals surface area contributed by atoms with E-state index in [4.69, 9.17) is 9.94 Å². The zero-order valence-corrected chi connectivity index (χ0v) is 12.9. The van der Waals surface area contributed by atoms with Crippen LogP contribution in [0.3, 0.4) is 0 Å². The Hall–Kier alpha value is -1.44. The van der Waals surface area contributed by atoms with Gasteiger partial charge in [0.05, 0.1) is 16.6 Å². The van der Waals surface area contributed by atoms with Gasteiger partial charge in [-0.1, -0.05) is 17.7 Å². The second-order valence-corrected chi connectivity index (χ2v) is 6.95. The van der Waals surface area contributed by atoms with Gasteiger partial charge in [-0.3, -0.25) is 4.84 Å². The van der Waals surface area contributed by atoms with E-state index in [0.29, 0.717) is 11.1 Å². The van der Waals surface area contributed by atoms with Crippen molar-refractivity contribution in [1.29, 1.82) is 0 Å². The number of rotatable bonds is 5. The van der Waals surface area contributed by atoms with E-state index in [0.717, 1.165) is 31.7 Å². The summed E-state index contributed by atoms with van der Waals surface area (Å²) in [5.74, 6) is -1.16. The van der Waals surface area contributed by atoms with E-state index < -0.39 is 16.0 Å². The Balaban J connectivity index is 2.27. The van der Waals surface area contributed by atoms with Gasteiger partial charge in [-0.2, -0.15) is 0 Å². The Labute approximate surface area is 124 Å². The molecule has 0 bridgehead atoms. The van der Waals surface area contributed by atoms with Gasteiger partial charge in [0.1, 0.15) is 0 Å². The molecule has 6 nitrogen and oxygen atoms in total. The number of aryl methyl sites for hydroxylation is 1. The lowest BCUT2D eigenvalue weighted by atomic mass is 10.1. The zero-order chi connectivity index (χ0) is 15.6. The molecular formula is C14H19NO5S. The molecule has 0 saturated heterocycles. The summed E-state index contributed by atoms with van der Waals surface area (Å²) in [4.78, 5) is 18.4. The van der Waals surface area contributed by atoms with E-state index >= 15 is 0 Å². The number of carboxylic acid groups (broad SMARTS) is 1. The fourth-order valence-electron chi connectivity index (χ4n) is 2.41. The summed E-state index contributed by atoms with van der Waals surface area (Å²) in [5.41, 5.74) is 1.07. The highest BCUT2D eigenvalue weighted by molar-refractivity contribution is 7.89. The summed E-state index contributed by atoms with van der Waals surface area (Å²) in [6.45, 7) is 3.32. The second kappa shape index (κ2) is 6.13. The molecular weight excluding hydrogens is 294 g/mol. The van der Waals surface area contributed by atoms with Crippen molar-refractivity contribution >= 4 is 16.0 Å². The lowest BCUT2D eigenvalue weighted by Crippen LogP contribution is -2.29. The molecule has 0 unspecified atom stereocenters. The van der Waals surface area contributed by atoms with Crippen molar-refractivity contribution in [2.45, 2.75) is 50.5 Å². The van der Waals surface area contributed by atoms with Gasteiger partial charge in [0, 0.05) is 0 Å². The first-order valence-electron chi connectivity index (χ1n) is 6.83. The first kappa shape index (κ1) is 15.9. The fraction of sp³-hybridized carbons (Fsp3) is 0.500. The number of carboxylic acids is 1. The summed E-state index contributed by atoms with van der Waals surface area (Å²) in [5, 5.41) is 9.05. The number of hydrogen-bond acceptors (Lipinski definition) is 4. The lowest BCUT2D eigenvalue weighted by Gasteiger charge is -2.15. The molecule has 1 fully saturated rings. The molecule has 0 spiro atoms. The molecule has 1 aromatic carbocycles. The van der Waals surface area contributed by atoms with E-state index in [9.17, 15) is 13.2 Å². The molecule has 0 atom stereocenters. The van der Waals surface area contributed by atoms with Crippen LogP contribution in [0.25, 0.3) is 0 Å². The van der Waals surface area contributed by atoms with Crippen LogP contribution in [-0.4, -0.2) is 25.6 Å². The molecule has 1 saturated carbocycles. The van der Waals surface area contributed by atoms with Crippen LogP contribution in [-0.2, 0) is 14.9 Å². The van der Waals surface area contributed by atoms with Crippen LogP contribution in [0.15, 0.2) is 17.0 Å². The third-order valence-corrected chi connectivity index (χ3v) is 5.10. The maximum Gasteiger partial charge on any atom is 0.335 e. The smallest absolute Gasteiger partial charge is 0.335 e. The van der Waals surface area contributed by atoms with Crippen molar-refractivity contribution in [3.8, 4) is 0 Å². The summed E-state index contributed by atoms with van der Waals surface area (Å²) < 4.78 is 24.6. The van der Waals surface area contributed by atoms with E-state index in [1.807, 2.05) is 0 Å². The van der Waals surface area contributed by atoms with Gasteiger partial charge in [-0.25, -0.2) is 13.2 Å². The lowest BCUT2D eigenvalue weighted by molar-refractivity contribution is 0.0223. The van der Waals surface area contributed by atoms with Gasteiger partial charge in [0.2, 0.25) is 0 Å². The first-order chi connectivity index (χ1) is 9.81. The zero-order valence-electron chi connectivity index (χ0n) is 12.0. The molecule has 0 heterocycles. The Morgan fingerprint density at radius 2 is 1.90 bits per heavy atom. The average Bonchev–Trinajstić information content (AvgIpc) is 2.92. The molecule has 7 heteroatoms. The Morgan fingerprint density at radius 3 is 2.48 bits per heavy atom. The SMILES string of the molecule is Cc1cc(C(=O)O)cc(S(=O)(=O)NOC2CCCC2)c1C. The maximum absolute atomic E-state index is 12.3. The van der Waals surface area contributed by atoms with Crippen molar-refractivity contribution in [1.82, 2.24) is 4.89 Å². The van der Waals surface area contributed by atoms with Crippen molar-refractivity contribution in [2.75, 3.05) is 0 Å². The van der Waals surface area contributed by atoms with E-state index in [1.165, 1.54) is 6.07 Å². The number of hydrogen-bond donors (Lipinski definition) is 2. The number of aromatic carboxylic acids is 1. The molecule has 2 N–H and O–H groups in total. The van der Waals surface area contributed by atoms with Crippen LogP contribution in [0.2, 0.25) is 0 Å². The third kappa shape index (κ3) is 3.61. The van der Waals surface area contributed by atoms with Crippen LogP contribution in [0.1, 0.15) is 47.2 Å². The van der Waals surface area contributed by atoms with Crippen molar-refractivity contribution in [3.05, 3.63) is 28.8 Å². The quantitative estimate of drug-likeness (QED) is 0.813. The highest BCUT2D eigenvalue weighted by Crippen LogP contribution is 2.23. The number of nitrogens with one attached hydrogen (secondary N) is 1. The van der Waals surface area contributed by atoms with Crippen LogP contribution in [0.5, 0.6) is 0 Å². The average molecular weight is 313 g/mol. The van der Waals surface area contributed by atoms with Gasteiger partial charge >= 0.3 is 5.97 Å². The van der Waals surface area contributed by atoms with Crippen LogP contribution < -0.4 is 4.89 Å². The molecule has 0 amide bonds. The summed E-state index contributed by atoms with van der Waals surface area (Å²) in [7, 11) is -3.89. The van der Waals surface area contributed by atoms with Crippen LogP contribution in [0, 0.1) is 13.8 Å². The maximum atomic E-state index is 12.3. The minimum absolute atomic E-state index is 0.0562. The van der Waals surface area contributed by atoms with Crippen LogP contribution in [0.4, 0.5) is 0 Å². The number of carbonyl (C=O) groups is 1. The van der Waals surface area contributed by atoms with Gasteiger partial charge in [-0.05, 0) is 49.9 Å². The molecule has 116 valence electrons. The molecule has 0 aromatic heterocycles. The van der Waals surface area contributed by atoms with E-state index in [-0.39, 0.29) is 16.6 Å². The Bertz CT molecular complexity index is 648. The minimum atomic E-state index is -3.89. The molecule has 1 aliphatic carbocycles. The standard InChI is InChI=1S/C14H19NO5S/c1-9-7-11(14(16)17)8-13(10(9)2)21(18,19)15-20-12-5-3-4-6-12/h7-8,12,15H,3-6H2,1-2H3,(H,16,17). The summed E-state index contributed by atoms with van der Waals surface area (Å²) >= 11 is 0. The van der Waals surface area contributed by atoms with Gasteiger partial charge in [0.25, 0.3) is 10.0 Å². The molecule has 0 aliphatic heterocycles. The van der Waals surface area contributed by atoms with E-state index in [1.54, 1.807) is 13.8 Å². The predicted octanol–water partition coefficient (Wildman–Crippen LogP) is 2.15. The van der Waals surface area contributed by atoms with Gasteiger partial charge in [0.15, 0.2) is 0 Å². The highest BCUT2D eigenvalue weighted by Gasteiger charge is 2.24. The van der Waals surface area contributed by atoms with Crippen molar-refractivity contribution < 1.29 is 23.2 Å². The summed E-state index contributed by atoms with van der Waals surface area (Å²) in [6, 6.07) is 2.61. The Kier molecular flexibility index (Phi) is 4.65. The fourth-order valence-corrected chi connectivity index (χ4v) is 3.61. The largest absolute Gasteiger partial charge is 0.478 e. The normalized spacial score (nSPS) is 16.3. The molecule has 1 aliphatic rings. The molecule has 21 heavy (non-hydrogen) atoms. The monoisotopic (exact) mass is 313 g/mol. The first-order valence-corrected chi connectivity index (χ1v) is 8.31. The third-order valence-electron chi connectivity index (χ3n) is 3.78. The molecule has 0 radical (unpaired) electrons. The second-order valence-electron chi connectivity index (χ2n) is 5.33. The summed E-state index contributed by atoms with van der Waals surface area (Å²) in [6.07, 6.45) is 3.60. The highest BCUT2D eigenvalue weighted by atomic mass is 32.2. The predicted molar refractivity (Wildman–Crippen MR) is 76.5 cm³/mol. The van der Waals surface area contributed by atoms with Crippen molar-refractivity contribution in [3.63, 3.8) is 0 Å². The van der Waals surface area contributed by atoms with Gasteiger partial charge < -0.3 is 5.11 Å². The van der Waals surface area contributed by atoms with Crippen LogP contribution >= 0.6 is 0 Å². The Morgan fingerprint density at radius 1 is 1.29 bits per heavy atom. The number of benzene rings is 1. The van der Waals surface area contributed by atoms with Crippen molar-refractivity contribution in [2.24, 2.45) is 0 Å².